The molecular formula is C11H16N2O3. The molecule has 0 unspecified atom stereocenters. The summed E-state index contributed by atoms with van der Waals surface area (Å²) >= 11 is 0. The third-order valence-electron chi connectivity index (χ3n) is 2.33. The summed E-state index contributed by atoms with van der Waals surface area (Å²) in [5, 5.41) is 2.69. The van der Waals surface area contributed by atoms with E-state index in [1.165, 1.54) is 0 Å². The summed E-state index contributed by atoms with van der Waals surface area (Å²) in [7, 11) is 0. The molecule has 0 aromatic carbocycles. The molecule has 5 nitrogen and oxygen atoms in total. The highest BCUT2D eigenvalue weighted by Crippen LogP contribution is 2.04. The van der Waals surface area contributed by atoms with E-state index in [0.29, 0.717) is 25.1 Å². The molecule has 0 saturated carbocycles. The zero-order chi connectivity index (χ0) is 12.0. The van der Waals surface area contributed by atoms with Gasteiger partial charge in [-0.15, -0.1) is 0 Å². The van der Waals surface area contributed by atoms with Crippen LogP contribution in [-0.4, -0.2) is 11.8 Å². The summed E-state index contributed by atoms with van der Waals surface area (Å²) in [6.45, 7) is 2.08. The second-order valence-corrected chi connectivity index (χ2v) is 3.70. The number of furan rings is 1. The summed E-state index contributed by atoms with van der Waals surface area (Å²) in [4.78, 5) is 22.1. The monoisotopic (exact) mass is 224 g/mol. The Kier molecular flexibility index (Phi) is 4.57. The fourth-order valence-corrected chi connectivity index (χ4v) is 1.18. The van der Waals surface area contributed by atoms with Crippen LogP contribution in [0.25, 0.3) is 0 Å². The predicted octanol–water partition coefficient (Wildman–Crippen LogP) is 0.797. The molecule has 0 aliphatic heterocycles. The Morgan fingerprint density at radius 2 is 2.31 bits per heavy atom. The van der Waals surface area contributed by atoms with Crippen LogP contribution >= 0.6 is 0 Å². The van der Waals surface area contributed by atoms with E-state index in [2.05, 4.69) is 5.32 Å². The number of hydrogen-bond donors (Lipinski definition) is 2. The topological polar surface area (TPSA) is 85.3 Å². The van der Waals surface area contributed by atoms with Gasteiger partial charge >= 0.3 is 0 Å². The first-order chi connectivity index (χ1) is 7.59. The van der Waals surface area contributed by atoms with Gasteiger partial charge in [0, 0.05) is 12.3 Å². The van der Waals surface area contributed by atoms with Crippen molar-refractivity contribution in [3.8, 4) is 0 Å². The molecule has 5 heteroatoms. The van der Waals surface area contributed by atoms with E-state index in [9.17, 15) is 9.59 Å². The third kappa shape index (κ3) is 4.16. The molecule has 1 heterocycles. The van der Waals surface area contributed by atoms with Crippen molar-refractivity contribution in [3.63, 3.8) is 0 Å². The van der Waals surface area contributed by atoms with Crippen LogP contribution in [0.4, 0.5) is 0 Å². The number of carbonyl (C=O) groups is 2. The Bertz CT molecular complexity index is 346. The highest BCUT2D eigenvalue weighted by atomic mass is 16.3. The molecule has 0 aliphatic carbocycles. The van der Waals surface area contributed by atoms with Crippen molar-refractivity contribution in [2.45, 2.75) is 26.3 Å². The summed E-state index contributed by atoms with van der Waals surface area (Å²) in [5.41, 5.74) is 5.09. The smallest absolute Gasteiger partial charge is 0.220 e. The maximum Gasteiger partial charge on any atom is 0.220 e. The van der Waals surface area contributed by atoms with Gasteiger partial charge in [-0.25, -0.2) is 0 Å². The molecule has 0 bridgehead atoms. The van der Waals surface area contributed by atoms with Crippen LogP contribution < -0.4 is 11.1 Å². The van der Waals surface area contributed by atoms with Crippen LogP contribution in [0, 0.1) is 5.92 Å². The van der Waals surface area contributed by atoms with Gasteiger partial charge in [-0.05, 0) is 18.6 Å². The maximum absolute atomic E-state index is 11.4. The maximum atomic E-state index is 11.4. The first kappa shape index (κ1) is 12.3. The zero-order valence-corrected chi connectivity index (χ0v) is 9.23. The highest BCUT2D eigenvalue weighted by Gasteiger charge is 2.11. The van der Waals surface area contributed by atoms with Crippen LogP contribution in [0.15, 0.2) is 22.8 Å². The van der Waals surface area contributed by atoms with Crippen molar-refractivity contribution in [3.05, 3.63) is 24.2 Å². The lowest BCUT2D eigenvalue weighted by molar-refractivity contribution is -0.123. The summed E-state index contributed by atoms with van der Waals surface area (Å²) < 4.78 is 5.06. The van der Waals surface area contributed by atoms with Gasteiger partial charge in [-0.2, -0.15) is 0 Å². The Hall–Kier alpha value is -1.78. The molecule has 1 aromatic rings. The molecule has 0 radical (unpaired) electrons. The Morgan fingerprint density at radius 1 is 1.56 bits per heavy atom. The van der Waals surface area contributed by atoms with Crippen LogP contribution in [0.3, 0.4) is 0 Å². The Labute approximate surface area is 94.0 Å². The van der Waals surface area contributed by atoms with Crippen LogP contribution in [0.5, 0.6) is 0 Å². The quantitative estimate of drug-likeness (QED) is 0.749. The molecule has 16 heavy (non-hydrogen) atoms. The van der Waals surface area contributed by atoms with Gasteiger partial charge in [-0.3, -0.25) is 9.59 Å². The number of primary amides is 1. The van der Waals surface area contributed by atoms with E-state index in [4.69, 9.17) is 10.2 Å². The molecule has 2 amide bonds. The lowest BCUT2D eigenvalue weighted by Gasteiger charge is -2.06. The van der Waals surface area contributed by atoms with E-state index >= 15 is 0 Å². The lowest BCUT2D eigenvalue weighted by Crippen LogP contribution is -2.25. The highest BCUT2D eigenvalue weighted by molar-refractivity contribution is 5.79. The normalized spacial score (nSPS) is 12.1. The van der Waals surface area contributed by atoms with Crippen molar-refractivity contribution in [1.82, 2.24) is 5.32 Å². The molecule has 1 rings (SSSR count). The SMILES string of the molecule is C[C@@H](CCC(=O)NCc1ccco1)C(N)=O. The molecule has 0 spiro atoms. The summed E-state index contributed by atoms with van der Waals surface area (Å²) in [6, 6.07) is 3.54. The van der Waals surface area contributed by atoms with Gasteiger partial charge in [-0.1, -0.05) is 6.92 Å². The van der Waals surface area contributed by atoms with Crippen molar-refractivity contribution < 1.29 is 14.0 Å². The van der Waals surface area contributed by atoms with Gasteiger partial charge in [0.2, 0.25) is 11.8 Å². The van der Waals surface area contributed by atoms with E-state index < -0.39 is 0 Å². The summed E-state index contributed by atoms with van der Waals surface area (Å²) in [5.74, 6) is -0.0472. The Morgan fingerprint density at radius 3 is 2.88 bits per heavy atom. The van der Waals surface area contributed by atoms with E-state index in [-0.39, 0.29) is 17.7 Å². The minimum atomic E-state index is -0.376. The molecule has 0 fully saturated rings. The van der Waals surface area contributed by atoms with Crippen molar-refractivity contribution >= 4 is 11.8 Å². The van der Waals surface area contributed by atoms with Crippen molar-refractivity contribution in [2.24, 2.45) is 11.7 Å². The number of nitrogens with two attached hydrogens (primary N) is 1. The number of nitrogens with one attached hydrogen (secondary N) is 1. The first-order valence-corrected chi connectivity index (χ1v) is 5.18. The van der Waals surface area contributed by atoms with Crippen LogP contribution in [0.2, 0.25) is 0 Å². The van der Waals surface area contributed by atoms with Crippen LogP contribution in [-0.2, 0) is 16.1 Å². The predicted molar refractivity (Wildman–Crippen MR) is 58.1 cm³/mol. The zero-order valence-electron chi connectivity index (χ0n) is 9.23. The van der Waals surface area contributed by atoms with Gasteiger partial charge in [0.05, 0.1) is 12.8 Å². The van der Waals surface area contributed by atoms with E-state index in [0.717, 1.165) is 0 Å². The molecule has 3 N–H and O–H groups in total. The second-order valence-electron chi connectivity index (χ2n) is 3.70. The van der Waals surface area contributed by atoms with E-state index in [1.807, 2.05) is 0 Å². The molecular weight excluding hydrogens is 208 g/mol. The largest absolute Gasteiger partial charge is 0.467 e. The molecule has 0 aliphatic rings. The number of carbonyl (C=O) groups excluding carboxylic acids is 2. The fraction of sp³-hybridized carbons (Fsp3) is 0.455. The van der Waals surface area contributed by atoms with Crippen molar-refractivity contribution in [2.75, 3.05) is 0 Å². The van der Waals surface area contributed by atoms with Gasteiger partial charge in [0.25, 0.3) is 0 Å². The fourth-order valence-electron chi connectivity index (χ4n) is 1.18. The second kappa shape index (κ2) is 5.95. The van der Waals surface area contributed by atoms with Crippen LogP contribution in [0.1, 0.15) is 25.5 Å². The Balaban J connectivity index is 2.19. The van der Waals surface area contributed by atoms with Gasteiger partial charge in [0.15, 0.2) is 0 Å². The number of hydrogen-bond acceptors (Lipinski definition) is 3. The summed E-state index contributed by atoms with van der Waals surface area (Å²) in [6.07, 6.45) is 2.32. The first-order valence-electron chi connectivity index (χ1n) is 5.18. The number of amides is 2. The van der Waals surface area contributed by atoms with E-state index in [1.54, 1.807) is 25.3 Å². The molecule has 1 aromatic heterocycles. The minimum absolute atomic E-state index is 0.107. The average molecular weight is 224 g/mol. The lowest BCUT2D eigenvalue weighted by atomic mass is 10.1. The molecule has 0 saturated heterocycles. The molecule has 1 atom stereocenters. The van der Waals surface area contributed by atoms with Gasteiger partial charge < -0.3 is 15.5 Å². The molecule has 88 valence electrons. The average Bonchev–Trinajstić information content (AvgIpc) is 2.75. The number of rotatable bonds is 6. The van der Waals surface area contributed by atoms with Crippen molar-refractivity contribution in [1.29, 1.82) is 0 Å². The standard InChI is InChI=1S/C11H16N2O3/c1-8(11(12)15)4-5-10(14)13-7-9-3-2-6-16-9/h2-3,6,8H,4-5,7H2,1H3,(H2,12,15)(H,13,14)/t8-/m0/s1. The van der Waals surface area contributed by atoms with Gasteiger partial charge in [0.1, 0.15) is 5.76 Å². The minimum Gasteiger partial charge on any atom is -0.467 e. The third-order valence-corrected chi connectivity index (χ3v) is 2.33.